The first-order chi connectivity index (χ1) is 25.2. The van der Waals surface area contributed by atoms with Gasteiger partial charge in [-0.05, 0) is 55.5 Å². The Morgan fingerprint density at radius 1 is 0.981 bits per heavy atom. The van der Waals surface area contributed by atoms with E-state index in [2.05, 4.69) is 43.2 Å². The van der Waals surface area contributed by atoms with E-state index >= 15 is 0 Å². The highest BCUT2D eigenvalue weighted by Crippen LogP contribution is 2.35. The van der Waals surface area contributed by atoms with Crippen LogP contribution in [0.2, 0.25) is 0 Å². The number of likely N-dealkylation sites (N-methyl/N-ethyl adjacent to an activating group) is 2. The highest BCUT2D eigenvalue weighted by molar-refractivity contribution is 7.09. The predicted octanol–water partition coefficient (Wildman–Crippen LogP) is 7.45. The highest BCUT2D eigenvalue weighted by Gasteiger charge is 2.42. The molecule has 1 aliphatic heterocycles. The summed E-state index contributed by atoms with van der Waals surface area (Å²) in [6.45, 7) is 17.0. The lowest BCUT2D eigenvalue weighted by Crippen LogP contribution is -2.53. The number of methoxy groups -OCH3 is 1. The van der Waals surface area contributed by atoms with Gasteiger partial charge in [0.2, 0.25) is 11.8 Å². The number of nitrogens with zero attached hydrogens (tertiary/aromatic N) is 3. The number of nitrogens with one attached hydrogen (secondary N) is 1. The molecule has 2 amide bonds. The van der Waals surface area contributed by atoms with Crippen LogP contribution in [0.25, 0.3) is 0 Å². The van der Waals surface area contributed by atoms with Gasteiger partial charge >= 0.3 is 0 Å². The summed E-state index contributed by atoms with van der Waals surface area (Å²) in [5, 5.41) is 6.08. The molecule has 0 spiro atoms. The monoisotopic (exact) mass is 752 g/mol. The highest BCUT2D eigenvalue weighted by atomic mass is 32.1. The van der Waals surface area contributed by atoms with E-state index < -0.39 is 12.0 Å². The summed E-state index contributed by atoms with van der Waals surface area (Å²) in [6, 6.07) is 9.54. The third kappa shape index (κ3) is 11.8. The first kappa shape index (κ1) is 44.4. The summed E-state index contributed by atoms with van der Waals surface area (Å²) in [6.07, 6.45) is 5.28. The van der Waals surface area contributed by atoms with Crippen LogP contribution in [0.4, 0.5) is 0 Å². The van der Waals surface area contributed by atoms with Crippen molar-refractivity contribution in [3.05, 3.63) is 52.5 Å². The van der Waals surface area contributed by atoms with Gasteiger partial charge < -0.3 is 19.9 Å². The molecule has 10 heteroatoms. The average molecular weight is 753 g/mol. The molecule has 1 aromatic heterocycles. The fraction of sp³-hybridized carbons (Fsp3) is 0.698. The number of hydrogen-bond acceptors (Lipinski definition) is 8. The van der Waals surface area contributed by atoms with Gasteiger partial charge in [0.25, 0.3) is 0 Å². The normalized spacial score (nSPS) is 19.3. The Balaban J connectivity index is 1.75. The van der Waals surface area contributed by atoms with Gasteiger partial charge in [-0.2, -0.15) is 0 Å². The minimum absolute atomic E-state index is 0.00544. The number of ether oxygens (including phenoxy) is 1. The van der Waals surface area contributed by atoms with Gasteiger partial charge in [0.05, 0.1) is 29.6 Å². The Morgan fingerprint density at radius 2 is 1.66 bits per heavy atom. The quantitative estimate of drug-likeness (QED) is 0.133. The lowest BCUT2D eigenvalue weighted by atomic mass is 9.81. The van der Waals surface area contributed by atoms with Crippen molar-refractivity contribution in [2.75, 3.05) is 27.7 Å². The second kappa shape index (κ2) is 21.2. The third-order valence-corrected chi connectivity index (χ3v) is 13.0. The molecule has 1 aromatic carbocycles. The molecule has 296 valence electrons. The molecule has 0 bridgehead atoms. The first-order valence-electron chi connectivity index (χ1n) is 19.9. The molecule has 1 saturated heterocycles. The average Bonchev–Trinajstić information content (AvgIpc) is 3.86. The molecule has 0 radical (unpaired) electrons. The van der Waals surface area contributed by atoms with Crippen LogP contribution in [0.5, 0.6) is 0 Å². The number of carbonyl (C=O) groups excluding carboxylic acids is 4. The molecule has 3 rings (SSSR count). The maximum atomic E-state index is 14.2. The number of aromatic nitrogens is 1. The van der Waals surface area contributed by atoms with Crippen LogP contribution < -0.4 is 5.32 Å². The van der Waals surface area contributed by atoms with Crippen LogP contribution in [0.15, 0.2) is 41.9 Å². The smallest absolute Gasteiger partial charge is 0.226 e. The van der Waals surface area contributed by atoms with Crippen LogP contribution >= 0.6 is 11.3 Å². The molecule has 9 atom stereocenters. The van der Waals surface area contributed by atoms with Gasteiger partial charge in [0.15, 0.2) is 5.78 Å². The summed E-state index contributed by atoms with van der Waals surface area (Å²) in [5.74, 6) is -0.436. The van der Waals surface area contributed by atoms with E-state index in [-0.39, 0.29) is 89.9 Å². The fourth-order valence-corrected chi connectivity index (χ4v) is 9.13. The number of carbonyl (C=O) groups is 4. The Bertz CT molecular complexity index is 1430. The summed E-state index contributed by atoms with van der Waals surface area (Å²) < 4.78 is 6.08. The summed E-state index contributed by atoms with van der Waals surface area (Å²) >= 11 is 1.60. The molecule has 2 aromatic rings. The lowest BCUT2D eigenvalue weighted by Gasteiger charge is -2.40. The lowest BCUT2D eigenvalue weighted by molar-refractivity contribution is -0.148. The second-order valence-corrected chi connectivity index (χ2v) is 17.1. The van der Waals surface area contributed by atoms with Crippen molar-refractivity contribution in [3.8, 4) is 0 Å². The van der Waals surface area contributed by atoms with Gasteiger partial charge in [0.1, 0.15) is 5.78 Å². The zero-order chi connectivity index (χ0) is 39.4. The summed E-state index contributed by atoms with van der Waals surface area (Å²) in [7, 11) is 5.21. The molecule has 2 heterocycles. The molecule has 1 aliphatic rings. The van der Waals surface area contributed by atoms with E-state index in [1.54, 1.807) is 43.6 Å². The van der Waals surface area contributed by atoms with E-state index in [0.29, 0.717) is 13.0 Å². The van der Waals surface area contributed by atoms with Crippen molar-refractivity contribution >= 4 is 34.7 Å². The Labute approximate surface area is 324 Å². The molecular formula is C43H68N4O5S. The minimum atomic E-state index is -0.525. The Hall–Kier alpha value is -2.95. The van der Waals surface area contributed by atoms with Crippen molar-refractivity contribution in [2.24, 2.45) is 35.5 Å². The number of likely N-dealkylation sites (tertiary alicyclic amines) is 1. The largest absolute Gasteiger partial charge is 0.379 e. The molecule has 0 aliphatic carbocycles. The zero-order valence-corrected chi connectivity index (χ0v) is 35.2. The predicted molar refractivity (Wildman–Crippen MR) is 215 cm³/mol. The van der Waals surface area contributed by atoms with Crippen molar-refractivity contribution < 1.29 is 23.9 Å². The van der Waals surface area contributed by atoms with Gasteiger partial charge in [-0.3, -0.25) is 19.2 Å². The van der Waals surface area contributed by atoms with Crippen LogP contribution in [-0.4, -0.2) is 90.1 Å². The van der Waals surface area contributed by atoms with Crippen LogP contribution in [0.1, 0.15) is 110 Å². The molecule has 53 heavy (non-hydrogen) atoms. The SMILES string of the molecule is CC[C@H](C)[C@@H]([C@@H](CC(=O)N1CCC[C@H]1[C@H](C)[C@@H](C)C(=O)CC(Cc1ccccc1)c1nccs1)OC)N(C)C(=O)[C@@H](CC(=O)[C@@H](NC)C(C)C)C(C)C. The standard InChI is InChI=1S/C43H68N4O5S/c1-12-29(6)41(46(10)43(51)34(27(2)3)25-37(49)40(44-9)28(4)5)38(52-11)26-39(50)47-21-16-19-35(47)30(7)31(8)36(48)24-33(42-45-20-22-53-42)23-32-17-14-13-15-18-32/h13-15,17-18,20,22,27-31,33-35,38,40-41,44H,12,16,19,21,23-26H2,1-11H3/t29-,30+,31+,33?,34-,35-,38+,40-,41-/m0/s1. The van der Waals surface area contributed by atoms with Crippen molar-refractivity contribution in [1.82, 2.24) is 20.1 Å². The van der Waals surface area contributed by atoms with Gasteiger partial charge in [-0.15, -0.1) is 11.3 Å². The van der Waals surface area contributed by atoms with Crippen molar-refractivity contribution in [3.63, 3.8) is 0 Å². The molecule has 9 nitrogen and oxygen atoms in total. The number of hydrogen-bond donors (Lipinski definition) is 1. The van der Waals surface area contributed by atoms with Crippen LogP contribution in [0, 0.1) is 35.5 Å². The number of thiazole rings is 1. The third-order valence-electron chi connectivity index (χ3n) is 12.0. The molecule has 1 fully saturated rings. The number of amides is 2. The van der Waals surface area contributed by atoms with E-state index in [1.807, 2.05) is 63.1 Å². The number of Topliss-reactive ketones (excluding diaryl/α,β-unsaturated/α-hetero) is 2. The van der Waals surface area contributed by atoms with Gasteiger partial charge in [-0.25, -0.2) is 4.98 Å². The first-order valence-corrected chi connectivity index (χ1v) is 20.8. The number of benzene rings is 1. The van der Waals surface area contributed by atoms with E-state index in [4.69, 9.17) is 4.74 Å². The molecular weight excluding hydrogens is 685 g/mol. The van der Waals surface area contributed by atoms with E-state index in [1.165, 1.54) is 5.56 Å². The maximum Gasteiger partial charge on any atom is 0.226 e. The number of ketones is 2. The Kier molecular flexibility index (Phi) is 17.8. The van der Waals surface area contributed by atoms with Crippen LogP contribution in [0.3, 0.4) is 0 Å². The van der Waals surface area contributed by atoms with Crippen molar-refractivity contribution in [1.29, 1.82) is 0 Å². The summed E-state index contributed by atoms with van der Waals surface area (Å²) in [4.78, 5) is 64.0. The second-order valence-electron chi connectivity index (χ2n) is 16.2. The maximum absolute atomic E-state index is 14.2. The van der Waals surface area contributed by atoms with E-state index in [9.17, 15) is 19.2 Å². The van der Waals surface area contributed by atoms with Gasteiger partial charge in [0, 0.05) is 68.9 Å². The fourth-order valence-electron chi connectivity index (χ4n) is 8.38. The minimum Gasteiger partial charge on any atom is -0.379 e. The zero-order valence-electron chi connectivity index (χ0n) is 34.3. The topological polar surface area (TPSA) is 109 Å². The van der Waals surface area contributed by atoms with Crippen LogP contribution in [-0.2, 0) is 30.3 Å². The van der Waals surface area contributed by atoms with Gasteiger partial charge in [-0.1, -0.05) is 92.1 Å². The Morgan fingerprint density at radius 3 is 2.21 bits per heavy atom. The number of rotatable bonds is 22. The van der Waals surface area contributed by atoms with Crippen molar-refractivity contribution in [2.45, 2.75) is 130 Å². The summed E-state index contributed by atoms with van der Waals surface area (Å²) in [5.41, 5.74) is 1.19. The van der Waals surface area contributed by atoms with E-state index in [0.717, 1.165) is 30.7 Å². The molecule has 1 N–H and O–H groups in total. The molecule has 0 saturated carbocycles. The molecule has 1 unspecified atom stereocenters.